The Bertz CT molecular complexity index is 885. The van der Waals surface area contributed by atoms with Crippen molar-refractivity contribution in [2.45, 2.75) is 0 Å². The summed E-state index contributed by atoms with van der Waals surface area (Å²) < 4.78 is 18.9. The Kier molecular flexibility index (Phi) is 5.29. The molecule has 0 unspecified atom stereocenters. The van der Waals surface area contributed by atoms with Crippen molar-refractivity contribution >= 4 is 35.0 Å². The Morgan fingerprint density at radius 1 is 1.23 bits per heavy atom. The minimum absolute atomic E-state index is 0.0800. The molecule has 2 aromatic carbocycles. The van der Waals surface area contributed by atoms with Gasteiger partial charge in [0.25, 0.3) is 5.91 Å². The van der Waals surface area contributed by atoms with Crippen LogP contribution in [0.15, 0.2) is 54.2 Å². The van der Waals surface area contributed by atoms with Crippen LogP contribution in [0, 0.1) is 5.82 Å². The number of amides is 1. The van der Waals surface area contributed by atoms with Gasteiger partial charge < -0.3 is 14.7 Å². The highest BCUT2D eigenvalue weighted by molar-refractivity contribution is 7.80. The monoisotopic (exact) mass is 372 g/mol. The van der Waals surface area contributed by atoms with Gasteiger partial charge in [-0.3, -0.25) is 9.69 Å². The van der Waals surface area contributed by atoms with E-state index in [4.69, 9.17) is 22.1 Å². The lowest BCUT2D eigenvalue weighted by Gasteiger charge is -2.16. The predicted octanol–water partition coefficient (Wildman–Crippen LogP) is 2.80. The largest absolute Gasteiger partial charge is 0.491 e. The number of benzene rings is 2. The molecule has 1 aliphatic rings. The molecule has 2 aromatic rings. The summed E-state index contributed by atoms with van der Waals surface area (Å²) in [6.07, 6.45) is 1.69. The van der Waals surface area contributed by atoms with E-state index in [2.05, 4.69) is 0 Å². The van der Waals surface area contributed by atoms with Crippen LogP contribution >= 0.6 is 12.2 Å². The summed E-state index contributed by atoms with van der Waals surface area (Å²) in [7, 11) is 1.69. The van der Waals surface area contributed by atoms with Crippen LogP contribution in [0.3, 0.4) is 0 Å². The number of halogens is 1. The standard InChI is InChI=1S/C19H17FN2O3S/c1-21-17(11-13-4-2-7-16(10-13)25-9-8-23)18(24)22(19(21)26)15-6-3-5-14(20)12-15/h2-7,10-12,23H,8-9H2,1H3. The summed E-state index contributed by atoms with van der Waals surface area (Å²) >= 11 is 5.36. The van der Waals surface area contributed by atoms with E-state index < -0.39 is 5.82 Å². The Hall–Kier alpha value is -2.77. The van der Waals surface area contributed by atoms with Gasteiger partial charge in [0.1, 0.15) is 23.9 Å². The smallest absolute Gasteiger partial charge is 0.281 e. The van der Waals surface area contributed by atoms with E-state index in [0.717, 1.165) is 5.56 Å². The summed E-state index contributed by atoms with van der Waals surface area (Å²) in [6, 6.07) is 12.9. The van der Waals surface area contributed by atoms with E-state index in [0.29, 0.717) is 17.1 Å². The van der Waals surface area contributed by atoms with Gasteiger partial charge in [-0.2, -0.15) is 0 Å². The molecule has 134 valence electrons. The lowest BCUT2D eigenvalue weighted by atomic mass is 10.1. The average molecular weight is 372 g/mol. The molecular formula is C19H17FN2O3S. The number of anilines is 1. The van der Waals surface area contributed by atoms with Crippen molar-refractivity contribution in [2.75, 3.05) is 25.2 Å². The number of thiocarbonyl (C=S) groups is 1. The summed E-state index contributed by atoms with van der Waals surface area (Å²) in [5, 5.41) is 9.12. The molecule has 0 aliphatic carbocycles. The Morgan fingerprint density at radius 3 is 2.73 bits per heavy atom. The first kappa shape index (κ1) is 18.0. The molecular weight excluding hydrogens is 355 g/mol. The SMILES string of the molecule is CN1C(=S)N(c2cccc(F)c2)C(=O)C1=Cc1cccc(OCCO)c1. The minimum Gasteiger partial charge on any atom is -0.491 e. The molecule has 1 amide bonds. The molecule has 0 radical (unpaired) electrons. The zero-order chi connectivity index (χ0) is 18.7. The predicted molar refractivity (Wildman–Crippen MR) is 101 cm³/mol. The third-order valence-electron chi connectivity index (χ3n) is 3.85. The van der Waals surface area contributed by atoms with E-state index >= 15 is 0 Å². The molecule has 7 heteroatoms. The summed E-state index contributed by atoms with van der Waals surface area (Å²) in [5.41, 5.74) is 1.51. The minimum atomic E-state index is -0.438. The molecule has 3 rings (SSSR count). The average Bonchev–Trinajstić information content (AvgIpc) is 2.84. The fraction of sp³-hybridized carbons (Fsp3) is 0.158. The molecule has 1 fully saturated rings. The van der Waals surface area contributed by atoms with Crippen molar-refractivity contribution in [3.8, 4) is 5.75 Å². The molecule has 0 atom stereocenters. The number of ether oxygens (including phenoxy) is 1. The first-order chi connectivity index (χ1) is 12.5. The maximum Gasteiger partial charge on any atom is 0.281 e. The highest BCUT2D eigenvalue weighted by atomic mass is 32.1. The molecule has 1 N–H and O–H groups in total. The van der Waals surface area contributed by atoms with E-state index in [-0.39, 0.29) is 24.2 Å². The van der Waals surface area contributed by atoms with E-state index in [1.165, 1.54) is 23.1 Å². The van der Waals surface area contributed by atoms with Crippen molar-refractivity contribution in [2.24, 2.45) is 0 Å². The summed E-state index contributed by atoms with van der Waals surface area (Å²) in [6.45, 7) is 0.111. The highest BCUT2D eigenvalue weighted by Gasteiger charge is 2.36. The second-order valence-corrected chi connectivity index (χ2v) is 6.00. The molecule has 26 heavy (non-hydrogen) atoms. The highest BCUT2D eigenvalue weighted by Crippen LogP contribution is 2.28. The number of carbonyl (C=O) groups is 1. The van der Waals surface area contributed by atoms with Crippen LogP contribution in [0.2, 0.25) is 0 Å². The van der Waals surface area contributed by atoms with Gasteiger partial charge >= 0.3 is 0 Å². The van der Waals surface area contributed by atoms with Crippen LogP contribution < -0.4 is 9.64 Å². The van der Waals surface area contributed by atoms with Gasteiger partial charge in [-0.25, -0.2) is 4.39 Å². The number of aliphatic hydroxyl groups is 1. The number of likely N-dealkylation sites (N-methyl/N-ethyl adjacent to an activating group) is 1. The lowest BCUT2D eigenvalue weighted by molar-refractivity contribution is -0.114. The number of hydrogen-bond donors (Lipinski definition) is 1. The molecule has 1 heterocycles. The second kappa shape index (κ2) is 7.63. The van der Waals surface area contributed by atoms with E-state index in [1.54, 1.807) is 42.3 Å². The maximum absolute atomic E-state index is 13.5. The van der Waals surface area contributed by atoms with E-state index in [1.807, 2.05) is 6.07 Å². The van der Waals surface area contributed by atoms with Gasteiger partial charge in [0.2, 0.25) is 0 Å². The number of carbonyl (C=O) groups excluding carboxylic acids is 1. The van der Waals surface area contributed by atoms with Crippen molar-refractivity contribution < 1.29 is 19.0 Å². The third-order valence-corrected chi connectivity index (χ3v) is 4.31. The normalized spacial score (nSPS) is 15.9. The van der Waals surface area contributed by atoms with Crippen molar-refractivity contribution in [3.05, 3.63) is 65.6 Å². The Morgan fingerprint density at radius 2 is 2.00 bits per heavy atom. The van der Waals surface area contributed by atoms with Crippen LogP contribution in [0.25, 0.3) is 6.08 Å². The van der Waals surface area contributed by atoms with Gasteiger partial charge in [0.15, 0.2) is 5.11 Å². The first-order valence-corrected chi connectivity index (χ1v) is 8.35. The molecule has 0 spiro atoms. The van der Waals surface area contributed by atoms with Crippen LogP contribution in [-0.4, -0.2) is 41.3 Å². The number of hydrogen-bond acceptors (Lipinski definition) is 4. The van der Waals surface area contributed by atoms with Crippen LogP contribution in [-0.2, 0) is 4.79 Å². The van der Waals surface area contributed by atoms with Gasteiger partial charge in [-0.05, 0) is 54.2 Å². The van der Waals surface area contributed by atoms with Crippen molar-refractivity contribution in [1.82, 2.24) is 4.90 Å². The van der Waals surface area contributed by atoms with Crippen LogP contribution in [0.4, 0.5) is 10.1 Å². The zero-order valence-electron chi connectivity index (χ0n) is 14.1. The first-order valence-electron chi connectivity index (χ1n) is 7.94. The summed E-state index contributed by atoms with van der Waals surface area (Å²) in [5.74, 6) is -0.178. The Labute approximate surface area is 155 Å². The van der Waals surface area contributed by atoms with Gasteiger partial charge in [-0.15, -0.1) is 0 Å². The quantitative estimate of drug-likeness (QED) is 0.646. The zero-order valence-corrected chi connectivity index (χ0v) is 14.9. The van der Waals surface area contributed by atoms with Crippen LogP contribution in [0.1, 0.15) is 5.56 Å². The van der Waals surface area contributed by atoms with Gasteiger partial charge in [0.05, 0.1) is 12.3 Å². The van der Waals surface area contributed by atoms with Crippen LogP contribution in [0.5, 0.6) is 5.75 Å². The van der Waals surface area contributed by atoms with Gasteiger partial charge in [-0.1, -0.05) is 18.2 Å². The van der Waals surface area contributed by atoms with Gasteiger partial charge in [0, 0.05) is 7.05 Å². The van der Waals surface area contributed by atoms with E-state index in [9.17, 15) is 9.18 Å². The molecule has 1 aliphatic heterocycles. The molecule has 0 saturated carbocycles. The molecule has 5 nitrogen and oxygen atoms in total. The molecule has 1 saturated heterocycles. The van der Waals surface area contributed by atoms with Crippen molar-refractivity contribution in [1.29, 1.82) is 0 Å². The fourth-order valence-electron chi connectivity index (χ4n) is 2.61. The number of nitrogens with zero attached hydrogens (tertiary/aromatic N) is 2. The third kappa shape index (κ3) is 3.58. The second-order valence-electron chi connectivity index (χ2n) is 5.64. The molecule has 0 aromatic heterocycles. The number of aliphatic hydroxyl groups excluding tert-OH is 1. The van der Waals surface area contributed by atoms with Crippen molar-refractivity contribution in [3.63, 3.8) is 0 Å². The lowest BCUT2D eigenvalue weighted by Crippen LogP contribution is -2.31. The summed E-state index contributed by atoms with van der Waals surface area (Å²) in [4.78, 5) is 15.7. The fourth-order valence-corrected chi connectivity index (χ4v) is 2.90. The Balaban J connectivity index is 1.92. The molecule has 0 bridgehead atoms. The number of rotatable bonds is 5. The maximum atomic E-state index is 13.5. The topological polar surface area (TPSA) is 53.0 Å².